The average molecular weight is 819 g/mol. The first-order chi connectivity index (χ1) is 27.1. The Labute approximate surface area is 332 Å². The summed E-state index contributed by atoms with van der Waals surface area (Å²) in [6.07, 6.45) is 2.57. The Bertz CT molecular complexity index is 1580. The van der Waals surface area contributed by atoms with E-state index >= 15 is 0 Å². The van der Waals surface area contributed by atoms with Crippen LogP contribution in [-0.4, -0.2) is 140 Å². The van der Waals surface area contributed by atoms with Gasteiger partial charge in [0.2, 0.25) is 35.4 Å². The Morgan fingerprint density at radius 1 is 0.500 bits per heavy atom. The van der Waals surface area contributed by atoms with E-state index in [-0.39, 0.29) is 38.8 Å². The van der Waals surface area contributed by atoms with Crippen LogP contribution in [0.1, 0.15) is 67.2 Å². The van der Waals surface area contributed by atoms with Gasteiger partial charge < -0.3 is 42.1 Å². The summed E-state index contributed by atoms with van der Waals surface area (Å²) in [5.41, 5.74) is 0. The third-order valence-corrected chi connectivity index (χ3v) is 8.83. The Hall–Kier alpha value is -6.48. The van der Waals surface area contributed by atoms with Gasteiger partial charge in [0.05, 0.1) is 0 Å². The molecule has 0 fully saturated rings. The van der Waals surface area contributed by atoms with Crippen LogP contribution in [0.25, 0.3) is 0 Å². The van der Waals surface area contributed by atoms with Gasteiger partial charge in [0.25, 0.3) is 23.6 Å². The van der Waals surface area contributed by atoms with Gasteiger partial charge in [-0.3, -0.25) is 67.3 Å². The van der Waals surface area contributed by atoms with Crippen molar-refractivity contribution >= 4 is 71.0 Å². The monoisotopic (exact) mass is 818 g/mol. The molecular formula is C36H50N8O14. The van der Waals surface area contributed by atoms with Gasteiger partial charge in [-0.05, 0) is 38.5 Å². The van der Waals surface area contributed by atoms with Crippen molar-refractivity contribution in [2.24, 2.45) is 11.8 Å². The number of imide groups is 2. The van der Waals surface area contributed by atoms with Gasteiger partial charge in [0.1, 0.15) is 36.3 Å². The molecule has 0 aromatic carbocycles. The summed E-state index contributed by atoms with van der Waals surface area (Å²) in [4.78, 5) is 153. The lowest BCUT2D eigenvalue weighted by Crippen LogP contribution is -2.66. The molecule has 318 valence electrons. The third-order valence-electron chi connectivity index (χ3n) is 8.83. The molecular weight excluding hydrogens is 768 g/mol. The fraction of sp³-hybridized carbons (Fsp3) is 0.556. The minimum absolute atomic E-state index is 0.0810. The molecule has 0 spiro atoms. The molecule has 0 saturated carbocycles. The highest BCUT2D eigenvalue weighted by Crippen LogP contribution is 2.21. The van der Waals surface area contributed by atoms with Gasteiger partial charge in [0.15, 0.2) is 0 Å². The molecule has 58 heavy (non-hydrogen) atoms. The summed E-state index contributed by atoms with van der Waals surface area (Å²) in [5, 5.41) is 32.5. The van der Waals surface area contributed by atoms with Crippen LogP contribution in [-0.2, 0) is 57.5 Å². The zero-order valence-electron chi connectivity index (χ0n) is 32.9. The second kappa shape index (κ2) is 21.7. The van der Waals surface area contributed by atoms with Crippen molar-refractivity contribution in [2.75, 3.05) is 13.1 Å². The van der Waals surface area contributed by atoms with E-state index in [4.69, 9.17) is 10.2 Å². The van der Waals surface area contributed by atoms with E-state index in [2.05, 4.69) is 31.9 Å². The number of nitrogens with zero attached hydrogens (tertiary/aromatic N) is 2. The number of amides is 10. The molecule has 0 aromatic heterocycles. The van der Waals surface area contributed by atoms with E-state index in [1.165, 1.54) is 13.8 Å². The van der Waals surface area contributed by atoms with Crippen molar-refractivity contribution < 1.29 is 67.7 Å². The van der Waals surface area contributed by atoms with Gasteiger partial charge in [-0.1, -0.05) is 27.7 Å². The fourth-order valence-corrected chi connectivity index (χ4v) is 5.60. The highest BCUT2D eigenvalue weighted by Gasteiger charge is 2.50. The minimum atomic E-state index is -2.11. The molecule has 0 radical (unpaired) electrons. The molecule has 10 amide bonds. The normalized spacial score (nSPS) is 16.7. The summed E-state index contributed by atoms with van der Waals surface area (Å²) in [6.45, 7) is 8.41. The highest BCUT2D eigenvalue weighted by molar-refractivity contribution is 6.19. The smallest absolute Gasteiger partial charge is 0.325 e. The number of nitrogens with one attached hydrogen (secondary N) is 6. The zero-order chi connectivity index (χ0) is 44.0. The Kier molecular flexibility index (Phi) is 17.9. The molecule has 0 aliphatic carbocycles. The molecule has 0 saturated heterocycles. The predicted octanol–water partition coefficient (Wildman–Crippen LogP) is -3.17. The topological polar surface area (TPSA) is 324 Å². The van der Waals surface area contributed by atoms with Crippen LogP contribution in [0.5, 0.6) is 0 Å². The van der Waals surface area contributed by atoms with E-state index in [1.54, 1.807) is 27.7 Å². The number of rotatable bonds is 23. The fourth-order valence-electron chi connectivity index (χ4n) is 5.60. The van der Waals surface area contributed by atoms with Crippen molar-refractivity contribution in [3.8, 4) is 0 Å². The first-order valence-corrected chi connectivity index (χ1v) is 18.4. The van der Waals surface area contributed by atoms with E-state index in [0.29, 0.717) is 9.80 Å². The lowest BCUT2D eigenvalue weighted by atomic mass is 10.0. The van der Waals surface area contributed by atoms with Gasteiger partial charge in [0, 0.05) is 50.2 Å². The van der Waals surface area contributed by atoms with Crippen LogP contribution < -0.4 is 31.9 Å². The van der Waals surface area contributed by atoms with Crippen molar-refractivity contribution in [3.63, 3.8) is 0 Å². The molecule has 0 aromatic rings. The van der Waals surface area contributed by atoms with Crippen molar-refractivity contribution in [2.45, 2.75) is 103 Å². The predicted molar refractivity (Wildman–Crippen MR) is 198 cm³/mol. The number of carbonyl (C=O) groups is 12. The summed E-state index contributed by atoms with van der Waals surface area (Å²) in [7, 11) is 0. The number of carbonyl (C=O) groups excluding carboxylic acids is 10. The zero-order valence-corrected chi connectivity index (χ0v) is 32.9. The summed E-state index contributed by atoms with van der Waals surface area (Å²) >= 11 is 0. The number of hydrogen-bond donors (Lipinski definition) is 8. The van der Waals surface area contributed by atoms with Crippen LogP contribution >= 0.6 is 0 Å². The molecule has 0 bridgehead atoms. The maximum atomic E-state index is 13.8. The van der Waals surface area contributed by atoms with Crippen LogP contribution in [0.3, 0.4) is 0 Å². The maximum Gasteiger partial charge on any atom is 0.325 e. The number of hydrogen-bond acceptors (Lipinski definition) is 12. The van der Waals surface area contributed by atoms with Crippen LogP contribution in [0.4, 0.5) is 0 Å². The van der Waals surface area contributed by atoms with E-state index in [9.17, 15) is 57.5 Å². The molecule has 2 unspecified atom stereocenters. The molecule has 2 heterocycles. The molecule has 2 aliphatic rings. The van der Waals surface area contributed by atoms with Crippen LogP contribution in [0.2, 0.25) is 0 Å². The molecule has 22 nitrogen and oxygen atoms in total. The van der Waals surface area contributed by atoms with E-state index in [1.807, 2.05) is 0 Å². The average Bonchev–Trinajstić information content (AvgIpc) is 3.65. The van der Waals surface area contributed by atoms with Gasteiger partial charge in [-0.25, -0.2) is 0 Å². The Balaban J connectivity index is 2.18. The van der Waals surface area contributed by atoms with Gasteiger partial charge in [-0.15, -0.1) is 0 Å². The molecule has 6 atom stereocenters. The van der Waals surface area contributed by atoms with Crippen LogP contribution in [0.15, 0.2) is 24.3 Å². The van der Waals surface area contributed by atoms with E-state index in [0.717, 1.165) is 24.3 Å². The second-order valence-corrected chi connectivity index (χ2v) is 14.2. The van der Waals surface area contributed by atoms with Crippen LogP contribution in [0, 0.1) is 11.8 Å². The first kappa shape index (κ1) is 47.7. The highest BCUT2D eigenvalue weighted by atomic mass is 16.4. The summed E-state index contributed by atoms with van der Waals surface area (Å²) in [6, 6.07) is -8.85. The van der Waals surface area contributed by atoms with Crippen molar-refractivity contribution in [1.29, 1.82) is 0 Å². The maximum absolute atomic E-state index is 13.8. The lowest BCUT2D eigenvalue weighted by Gasteiger charge is -2.35. The molecule has 8 N–H and O–H groups in total. The lowest BCUT2D eigenvalue weighted by molar-refractivity contribution is -0.156. The largest absolute Gasteiger partial charge is 0.480 e. The first-order valence-electron chi connectivity index (χ1n) is 18.4. The quantitative estimate of drug-likeness (QED) is 0.0373. The molecule has 2 rings (SSSR count). The Morgan fingerprint density at radius 2 is 0.793 bits per heavy atom. The Morgan fingerprint density at radius 3 is 1.05 bits per heavy atom. The molecule has 2 aliphatic heterocycles. The third kappa shape index (κ3) is 13.3. The number of aliphatic carboxylic acids is 2. The summed E-state index contributed by atoms with van der Waals surface area (Å²) in [5.74, 6) is -12.7. The SMILES string of the molecule is CC(C)[C@H](NC(=O)CCCNC(=O)C(C(C(=O)NCCCC(=O)N[C@H](C(=O)N[C@@H](C)C(=O)O)C(C)C)N1C(=O)C=CC1=O)N1C(=O)C=CC1=O)C(=O)N[C@@H](C)C(=O)O. The number of carboxylic acid groups (broad SMARTS) is 2. The standard InChI is InChI=1S/C36H50N8O14/c1-17(2)27(31(51)39-19(5)35(55)56)41-21(45)9-7-15-37-33(53)29(43-23(47)11-12-24(43)48)30(44-25(49)13-14-26(44)50)34(54)38-16-8-10-22(46)42-28(18(3)4)32(52)40-20(6)36(57)58/h11-14,17-20,27-30H,7-10,15-16H2,1-6H3,(H,37,53)(H,38,54)(H,39,51)(H,40,52)(H,41,45)(H,42,46)(H,55,56)(H,57,58)/t19-,20-,27-,28-,29?,30?/m0/s1. The van der Waals surface area contributed by atoms with Gasteiger partial charge in [-0.2, -0.15) is 0 Å². The van der Waals surface area contributed by atoms with Crippen molar-refractivity contribution in [1.82, 2.24) is 41.7 Å². The van der Waals surface area contributed by atoms with Gasteiger partial charge >= 0.3 is 11.9 Å². The van der Waals surface area contributed by atoms with E-state index < -0.39 is 119 Å². The summed E-state index contributed by atoms with van der Waals surface area (Å²) < 4.78 is 0. The molecule has 22 heteroatoms. The minimum Gasteiger partial charge on any atom is -0.480 e. The number of carboxylic acids is 2. The van der Waals surface area contributed by atoms with Crippen molar-refractivity contribution in [3.05, 3.63) is 24.3 Å². The second-order valence-electron chi connectivity index (χ2n) is 14.2.